The summed E-state index contributed by atoms with van der Waals surface area (Å²) in [6.07, 6.45) is 7.10. The van der Waals surface area contributed by atoms with Crippen molar-refractivity contribution in [1.82, 2.24) is 9.55 Å². The second-order valence-electron chi connectivity index (χ2n) is 13.1. The van der Waals surface area contributed by atoms with Crippen LogP contribution in [0.15, 0.2) is 67.0 Å². The Labute approximate surface area is 280 Å². The number of aliphatic hydroxyl groups is 1. The molecule has 5 rings (SSSR count). The Kier molecular flexibility index (Phi) is 10.7. The van der Waals surface area contributed by atoms with Crippen LogP contribution >= 0.6 is 11.6 Å². The van der Waals surface area contributed by atoms with Gasteiger partial charge in [-0.1, -0.05) is 67.6 Å². The van der Waals surface area contributed by atoms with Crippen molar-refractivity contribution in [2.24, 2.45) is 5.92 Å². The van der Waals surface area contributed by atoms with Crippen molar-refractivity contribution >= 4 is 46.2 Å². The fraction of sp³-hybridized carbons (Fsp3) is 0.405. The van der Waals surface area contributed by atoms with Crippen LogP contribution < -0.4 is 5.32 Å². The molecule has 10 heteroatoms. The molecule has 0 radical (unpaired) electrons. The molecule has 47 heavy (non-hydrogen) atoms. The lowest BCUT2D eigenvalue weighted by Crippen LogP contribution is -2.26. The van der Waals surface area contributed by atoms with Gasteiger partial charge in [0.2, 0.25) is 5.91 Å². The fourth-order valence-corrected chi connectivity index (χ4v) is 6.54. The van der Waals surface area contributed by atoms with Crippen LogP contribution in [0.5, 0.6) is 0 Å². The summed E-state index contributed by atoms with van der Waals surface area (Å²) in [7, 11) is 0. The van der Waals surface area contributed by atoms with Crippen molar-refractivity contribution in [2.45, 2.75) is 84.0 Å². The zero-order valence-electron chi connectivity index (χ0n) is 27.3. The number of anilines is 1. The Bertz CT molecular complexity index is 1720. The van der Waals surface area contributed by atoms with Crippen LogP contribution in [0.25, 0.3) is 10.9 Å². The van der Waals surface area contributed by atoms with Gasteiger partial charge >= 0.3 is 11.9 Å². The van der Waals surface area contributed by atoms with Crippen LogP contribution in [0.1, 0.15) is 98.9 Å². The molecule has 0 aliphatic heterocycles. The van der Waals surface area contributed by atoms with E-state index in [1.165, 1.54) is 6.20 Å². The highest BCUT2D eigenvalue weighted by molar-refractivity contribution is 6.32. The largest absolute Gasteiger partial charge is 0.462 e. The van der Waals surface area contributed by atoms with E-state index in [0.29, 0.717) is 50.8 Å². The first-order chi connectivity index (χ1) is 22.4. The van der Waals surface area contributed by atoms with Crippen LogP contribution in [0.4, 0.5) is 5.82 Å². The van der Waals surface area contributed by atoms with Gasteiger partial charge in [-0.15, -0.1) is 0 Å². The van der Waals surface area contributed by atoms with Gasteiger partial charge in [-0.3, -0.25) is 9.59 Å². The molecule has 2 atom stereocenters. The average molecular weight is 660 g/mol. The highest BCUT2D eigenvalue weighted by Gasteiger charge is 2.31. The van der Waals surface area contributed by atoms with Crippen molar-refractivity contribution in [3.05, 3.63) is 94.3 Å². The number of ether oxygens (including phenoxy) is 2. The zero-order chi connectivity index (χ0) is 33.7. The molecule has 2 unspecified atom stereocenters. The second-order valence-corrected chi connectivity index (χ2v) is 13.5. The van der Waals surface area contributed by atoms with Crippen molar-refractivity contribution in [3.63, 3.8) is 0 Å². The maximum absolute atomic E-state index is 14.1. The number of benzene rings is 2. The summed E-state index contributed by atoms with van der Waals surface area (Å²) in [6, 6.07) is 15.9. The van der Waals surface area contributed by atoms with Crippen molar-refractivity contribution < 1.29 is 29.0 Å². The van der Waals surface area contributed by atoms with Gasteiger partial charge in [0.15, 0.2) is 0 Å². The molecular formula is C37H42ClN3O6. The molecule has 2 N–H and O–H groups in total. The van der Waals surface area contributed by atoms with E-state index in [1.807, 2.05) is 57.3 Å². The Morgan fingerprint density at radius 2 is 1.79 bits per heavy atom. The van der Waals surface area contributed by atoms with Crippen LogP contribution in [0.3, 0.4) is 0 Å². The van der Waals surface area contributed by atoms with E-state index in [-0.39, 0.29) is 19.1 Å². The number of hydrogen-bond acceptors (Lipinski definition) is 7. The third kappa shape index (κ3) is 8.39. The maximum Gasteiger partial charge on any atom is 0.339 e. The fourth-order valence-electron chi connectivity index (χ4n) is 6.27. The van der Waals surface area contributed by atoms with E-state index >= 15 is 0 Å². The number of aliphatic hydroxyl groups excluding tert-OH is 1. The Morgan fingerprint density at radius 3 is 2.43 bits per heavy atom. The van der Waals surface area contributed by atoms with Gasteiger partial charge in [0.25, 0.3) is 0 Å². The normalized spacial score (nSPS) is 14.9. The minimum Gasteiger partial charge on any atom is -0.462 e. The number of halogens is 1. The molecule has 0 bridgehead atoms. The van der Waals surface area contributed by atoms with E-state index in [0.717, 1.165) is 31.2 Å². The average Bonchev–Trinajstić information content (AvgIpc) is 3.66. The topological polar surface area (TPSA) is 120 Å². The van der Waals surface area contributed by atoms with E-state index in [9.17, 15) is 19.5 Å². The minimum atomic E-state index is -0.998. The number of carbonyl (C=O) groups is 3. The first-order valence-electron chi connectivity index (χ1n) is 16.1. The molecule has 0 spiro atoms. The van der Waals surface area contributed by atoms with Gasteiger partial charge in [0.1, 0.15) is 24.1 Å². The Morgan fingerprint density at radius 1 is 1.06 bits per heavy atom. The Hall–Kier alpha value is -4.21. The summed E-state index contributed by atoms with van der Waals surface area (Å²) in [5.41, 5.74) is 2.16. The number of pyridine rings is 1. The van der Waals surface area contributed by atoms with Crippen molar-refractivity contribution in [3.8, 4) is 0 Å². The molecule has 2 aromatic heterocycles. The molecule has 2 heterocycles. The predicted octanol–water partition coefficient (Wildman–Crippen LogP) is 7.59. The van der Waals surface area contributed by atoms with E-state index in [4.69, 9.17) is 21.1 Å². The van der Waals surface area contributed by atoms with E-state index < -0.39 is 29.6 Å². The minimum absolute atomic E-state index is 0.0923. The highest BCUT2D eigenvalue weighted by atomic mass is 35.5. The monoisotopic (exact) mass is 659 g/mol. The van der Waals surface area contributed by atoms with Crippen LogP contribution in [0.2, 0.25) is 5.02 Å². The molecule has 1 amide bonds. The molecule has 1 saturated carbocycles. The first kappa shape index (κ1) is 34.1. The van der Waals surface area contributed by atoms with Gasteiger partial charge in [-0.25, -0.2) is 9.78 Å². The smallest absolute Gasteiger partial charge is 0.339 e. The number of nitrogens with zero attached hydrogens (tertiary/aromatic N) is 2. The lowest BCUT2D eigenvalue weighted by Gasteiger charge is -2.20. The summed E-state index contributed by atoms with van der Waals surface area (Å²) in [6.45, 7) is 7.33. The third-order valence-corrected chi connectivity index (χ3v) is 8.75. The molecule has 4 aromatic rings. The molecule has 2 aromatic carbocycles. The van der Waals surface area contributed by atoms with Crippen LogP contribution in [0, 0.1) is 5.92 Å². The highest BCUT2D eigenvalue weighted by Crippen LogP contribution is 2.41. The lowest BCUT2D eigenvalue weighted by molar-refractivity contribution is -0.155. The summed E-state index contributed by atoms with van der Waals surface area (Å²) in [5.74, 6) is -1.10. The quantitative estimate of drug-likeness (QED) is 0.159. The molecule has 1 fully saturated rings. The summed E-state index contributed by atoms with van der Waals surface area (Å²) in [5, 5.41) is 15.3. The van der Waals surface area contributed by atoms with Gasteiger partial charge < -0.3 is 24.5 Å². The molecular weight excluding hydrogens is 618 g/mol. The number of carbonyl (C=O) groups excluding carboxylic acids is 3. The number of esters is 2. The molecule has 0 saturated heterocycles. The molecule has 1 aliphatic rings. The van der Waals surface area contributed by atoms with Crippen molar-refractivity contribution in [1.29, 1.82) is 0 Å². The van der Waals surface area contributed by atoms with Crippen molar-refractivity contribution in [2.75, 3.05) is 11.9 Å². The zero-order valence-corrected chi connectivity index (χ0v) is 28.0. The molecule has 9 nitrogen and oxygen atoms in total. The lowest BCUT2D eigenvalue weighted by atomic mass is 9.86. The Balaban J connectivity index is 1.56. The molecule has 1 aliphatic carbocycles. The summed E-state index contributed by atoms with van der Waals surface area (Å²) >= 11 is 6.86. The summed E-state index contributed by atoms with van der Waals surface area (Å²) in [4.78, 5) is 43.6. The number of fused-ring (bicyclic) bond motifs is 1. The third-order valence-electron chi connectivity index (χ3n) is 8.42. The summed E-state index contributed by atoms with van der Waals surface area (Å²) < 4.78 is 12.5. The van der Waals surface area contributed by atoms with E-state index in [2.05, 4.69) is 10.3 Å². The second kappa shape index (κ2) is 14.7. The number of hydrogen-bond donors (Lipinski definition) is 2. The van der Waals surface area contributed by atoms with Gasteiger partial charge in [0, 0.05) is 33.9 Å². The van der Waals surface area contributed by atoms with Crippen LogP contribution in [-0.4, -0.2) is 44.7 Å². The number of aromatic nitrogens is 2. The van der Waals surface area contributed by atoms with Crippen LogP contribution in [-0.2, 0) is 25.6 Å². The number of nitrogens with one attached hydrogen (secondary N) is 1. The standard InChI is InChI=1S/C37H42ClN3O6/c1-5-46-36(45)25-15-16-32(39-20-25)40-35(44)27(17-23-11-9-10-12-23)29-21-41(22-33(42)47-37(2,3)4)31-19-28(30(38)18-26(29)31)34(43)24-13-7-6-8-14-24/h6-8,13-16,18-21,23,27,34,43H,5,9-12,17,22H2,1-4H3,(H,39,40,44). The predicted molar refractivity (Wildman–Crippen MR) is 181 cm³/mol. The first-order valence-corrected chi connectivity index (χ1v) is 16.5. The SMILES string of the molecule is CCOC(=O)c1ccc(NC(=O)C(CC2CCCC2)c2cn(CC(=O)OC(C)(C)C)c3cc(C(O)c4ccccc4)c(Cl)cc23)nc1. The van der Waals surface area contributed by atoms with Gasteiger partial charge in [-0.05, 0) is 75.4 Å². The maximum atomic E-state index is 14.1. The van der Waals surface area contributed by atoms with E-state index in [1.54, 1.807) is 35.8 Å². The molecule has 248 valence electrons. The number of amides is 1. The van der Waals surface area contributed by atoms with Gasteiger partial charge in [-0.2, -0.15) is 0 Å². The number of rotatable bonds is 11. The van der Waals surface area contributed by atoms with Gasteiger partial charge in [0.05, 0.1) is 18.1 Å².